The lowest BCUT2D eigenvalue weighted by atomic mass is 9.92. The van der Waals surface area contributed by atoms with Crippen molar-refractivity contribution in [3.8, 4) is 0 Å². The maximum absolute atomic E-state index is 14.3. The molecule has 0 radical (unpaired) electrons. The van der Waals surface area contributed by atoms with Crippen molar-refractivity contribution < 1.29 is 32.8 Å². The predicted octanol–water partition coefficient (Wildman–Crippen LogP) is 2.87. The molecule has 4 N–H and O–H groups in total. The van der Waals surface area contributed by atoms with Gasteiger partial charge in [-0.15, -0.1) is 0 Å². The standard InChI is InChI=1S/C34H53F2N7O5/c1-8-20(6)39-33(47)30(44)24(12-13-26(35)36)41-32(46)29-23-11-9-10-22(23)17-43(29)34(48)28(19(4)5)40-21(7)27(18(2)3)42-31(45)25-16-37-14-15-38-25/h14-16,18-24,26-29,40H,8-13,17H2,1-7H3,(H,39,47)(H,41,46)(H,42,45)/t20-,21?,22-,23-,24+,27?,28?,29?/m0/s1. The molecule has 2 aliphatic rings. The zero-order valence-corrected chi connectivity index (χ0v) is 29.2. The van der Waals surface area contributed by atoms with Crippen LogP contribution in [0.3, 0.4) is 0 Å². The summed E-state index contributed by atoms with van der Waals surface area (Å²) in [5.74, 6) is -3.51. The van der Waals surface area contributed by atoms with E-state index in [0.717, 1.165) is 12.8 Å². The van der Waals surface area contributed by atoms with E-state index in [1.165, 1.54) is 18.6 Å². The first-order valence-electron chi connectivity index (χ1n) is 17.2. The summed E-state index contributed by atoms with van der Waals surface area (Å²) >= 11 is 0. The minimum Gasteiger partial charge on any atom is -0.347 e. The van der Waals surface area contributed by atoms with Crippen LogP contribution in [0.25, 0.3) is 0 Å². The Hall–Kier alpha value is -3.55. The molecule has 268 valence electrons. The van der Waals surface area contributed by atoms with E-state index in [1.54, 1.807) is 11.8 Å². The number of nitrogens with zero attached hydrogens (tertiary/aromatic N) is 3. The summed E-state index contributed by atoms with van der Waals surface area (Å²) in [6, 6.07) is -4.14. The number of hydrogen-bond acceptors (Lipinski definition) is 8. The van der Waals surface area contributed by atoms with Crippen LogP contribution < -0.4 is 21.3 Å². The number of amides is 4. The Morgan fingerprint density at radius 3 is 2.23 bits per heavy atom. The van der Waals surface area contributed by atoms with Crippen LogP contribution in [-0.4, -0.2) is 93.5 Å². The van der Waals surface area contributed by atoms with Gasteiger partial charge in [0.05, 0.1) is 18.3 Å². The third kappa shape index (κ3) is 9.99. The molecule has 14 heteroatoms. The van der Waals surface area contributed by atoms with Crippen LogP contribution in [0.15, 0.2) is 18.6 Å². The molecule has 0 bridgehead atoms. The quantitative estimate of drug-likeness (QED) is 0.183. The molecule has 0 aromatic carbocycles. The number of hydrogen-bond donors (Lipinski definition) is 4. The molecule has 12 nitrogen and oxygen atoms in total. The maximum atomic E-state index is 14.3. The molecule has 1 aromatic heterocycles. The van der Waals surface area contributed by atoms with E-state index in [-0.39, 0.29) is 59.3 Å². The third-order valence-electron chi connectivity index (χ3n) is 9.69. The Labute approximate surface area is 282 Å². The molecule has 1 saturated carbocycles. The number of alkyl halides is 2. The SMILES string of the molecule is CC[C@H](C)NC(=O)C(=O)[C@@H](CCC(F)F)NC(=O)C1[C@H]2CCC[C@H]2CN1C(=O)C(NC(C)C(NC(=O)c1cnccn1)C(C)C)C(C)C. The zero-order chi connectivity index (χ0) is 35.7. The van der Waals surface area contributed by atoms with Gasteiger partial charge in [-0.2, -0.15) is 0 Å². The summed E-state index contributed by atoms with van der Waals surface area (Å²) in [6.07, 6.45) is 3.48. The molecule has 2 fully saturated rings. The minimum absolute atomic E-state index is 0.0130. The van der Waals surface area contributed by atoms with Crippen LogP contribution in [0.1, 0.15) is 97.5 Å². The van der Waals surface area contributed by atoms with Gasteiger partial charge in [-0.25, -0.2) is 13.8 Å². The fraction of sp³-hybridized carbons (Fsp3) is 0.735. The van der Waals surface area contributed by atoms with Gasteiger partial charge in [0, 0.05) is 43.5 Å². The highest BCUT2D eigenvalue weighted by Gasteiger charge is 2.51. The van der Waals surface area contributed by atoms with Crippen molar-refractivity contribution in [2.45, 2.75) is 130 Å². The molecular weight excluding hydrogens is 624 g/mol. The van der Waals surface area contributed by atoms with Gasteiger partial charge in [0.15, 0.2) is 0 Å². The molecule has 1 aromatic rings. The van der Waals surface area contributed by atoms with E-state index in [1.807, 2.05) is 41.5 Å². The van der Waals surface area contributed by atoms with Gasteiger partial charge in [-0.1, -0.05) is 41.0 Å². The molecule has 3 rings (SSSR count). The Morgan fingerprint density at radius 2 is 1.65 bits per heavy atom. The van der Waals surface area contributed by atoms with Crippen molar-refractivity contribution >= 4 is 29.4 Å². The lowest BCUT2D eigenvalue weighted by Crippen LogP contribution is -2.61. The van der Waals surface area contributed by atoms with Crippen LogP contribution >= 0.6 is 0 Å². The number of nitrogens with one attached hydrogen (secondary N) is 4. The number of carbonyl (C=O) groups excluding carboxylic acids is 5. The number of halogens is 2. The van der Waals surface area contributed by atoms with Gasteiger partial charge in [0.1, 0.15) is 11.7 Å². The summed E-state index contributed by atoms with van der Waals surface area (Å²) < 4.78 is 26.4. The average molecular weight is 678 g/mol. The largest absolute Gasteiger partial charge is 0.347 e. The fourth-order valence-electron chi connectivity index (χ4n) is 6.87. The van der Waals surface area contributed by atoms with Crippen LogP contribution in [0.5, 0.6) is 0 Å². The van der Waals surface area contributed by atoms with Crippen molar-refractivity contribution in [2.24, 2.45) is 23.7 Å². The molecule has 1 aliphatic carbocycles. The van der Waals surface area contributed by atoms with Crippen molar-refractivity contribution in [3.63, 3.8) is 0 Å². The first-order chi connectivity index (χ1) is 22.7. The molecule has 1 aliphatic heterocycles. The van der Waals surface area contributed by atoms with Gasteiger partial charge < -0.3 is 26.2 Å². The normalized spacial score (nSPS) is 22.2. The second kappa shape index (κ2) is 17.7. The van der Waals surface area contributed by atoms with E-state index in [2.05, 4.69) is 31.2 Å². The van der Waals surface area contributed by atoms with Gasteiger partial charge in [-0.3, -0.25) is 29.0 Å². The summed E-state index contributed by atoms with van der Waals surface area (Å²) in [7, 11) is 0. The second-order valence-electron chi connectivity index (χ2n) is 14.0. The number of fused-ring (bicyclic) bond motifs is 1. The smallest absolute Gasteiger partial charge is 0.289 e. The lowest BCUT2D eigenvalue weighted by molar-refractivity contribution is -0.144. The molecule has 2 heterocycles. The number of ketones is 1. The molecule has 48 heavy (non-hydrogen) atoms. The van der Waals surface area contributed by atoms with Crippen molar-refractivity contribution in [1.29, 1.82) is 0 Å². The van der Waals surface area contributed by atoms with E-state index in [4.69, 9.17) is 0 Å². The van der Waals surface area contributed by atoms with E-state index in [9.17, 15) is 32.8 Å². The molecule has 4 unspecified atom stereocenters. The number of Topliss-reactive ketones (excluding diaryl/α,β-unsaturated/α-hetero) is 1. The summed E-state index contributed by atoms with van der Waals surface area (Å²) in [4.78, 5) is 76.6. The maximum Gasteiger partial charge on any atom is 0.289 e. The van der Waals surface area contributed by atoms with Crippen LogP contribution in [0, 0.1) is 23.7 Å². The number of carbonyl (C=O) groups is 5. The third-order valence-corrected chi connectivity index (χ3v) is 9.69. The second-order valence-corrected chi connectivity index (χ2v) is 14.0. The molecular formula is C34H53F2N7O5. The number of likely N-dealkylation sites (tertiary alicyclic amines) is 1. The number of aromatic nitrogens is 2. The van der Waals surface area contributed by atoms with Crippen molar-refractivity contribution in [2.75, 3.05) is 6.54 Å². The summed E-state index contributed by atoms with van der Waals surface area (Å²) in [5.41, 5.74) is 0.173. The first kappa shape index (κ1) is 38.9. The monoisotopic (exact) mass is 677 g/mol. The van der Waals surface area contributed by atoms with Crippen molar-refractivity contribution in [1.82, 2.24) is 36.1 Å². The van der Waals surface area contributed by atoms with Gasteiger partial charge >= 0.3 is 0 Å². The van der Waals surface area contributed by atoms with Crippen molar-refractivity contribution in [3.05, 3.63) is 24.3 Å². The highest BCUT2D eigenvalue weighted by atomic mass is 19.3. The van der Waals surface area contributed by atoms with E-state index < -0.39 is 55.0 Å². The highest BCUT2D eigenvalue weighted by molar-refractivity contribution is 6.38. The predicted molar refractivity (Wildman–Crippen MR) is 176 cm³/mol. The zero-order valence-electron chi connectivity index (χ0n) is 29.2. The van der Waals surface area contributed by atoms with Crippen LogP contribution in [0.2, 0.25) is 0 Å². The first-order valence-corrected chi connectivity index (χ1v) is 17.2. The molecule has 1 saturated heterocycles. The summed E-state index contributed by atoms with van der Waals surface area (Å²) in [6.45, 7) is 13.5. The van der Waals surface area contributed by atoms with E-state index >= 15 is 0 Å². The molecule has 4 amide bonds. The minimum atomic E-state index is -2.72. The molecule has 0 spiro atoms. The van der Waals surface area contributed by atoms with Gasteiger partial charge in [0.25, 0.3) is 11.8 Å². The fourth-order valence-corrected chi connectivity index (χ4v) is 6.87. The molecule has 8 atom stereocenters. The number of rotatable bonds is 17. The van der Waals surface area contributed by atoms with E-state index in [0.29, 0.717) is 19.4 Å². The van der Waals surface area contributed by atoms with Gasteiger partial charge in [-0.05, 0) is 63.2 Å². The average Bonchev–Trinajstić information content (AvgIpc) is 3.65. The topological polar surface area (TPSA) is 162 Å². The highest BCUT2D eigenvalue weighted by Crippen LogP contribution is 2.42. The Balaban J connectivity index is 1.82. The summed E-state index contributed by atoms with van der Waals surface area (Å²) in [5, 5.41) is 11.6. The Morgan fingerprint density at radius 1 is 0.938 bits per heavy atom. The van der Waals surface area contributed by atoms with Gasteiger partial charge in [0.2, 0.25) is 24.0 Å². The Bertz CT molecular complexity index is 1270. The lowest BCUT2D eigenvalue weighted by Gasteiger charge is -2.36. The van der Waals surface area contributed by atoms with Crippen LogP contribution in [-0.2, 0) is 19.2 Å². The van der Waals surface area contributed by atoms with Crippen LogP contribution in [0.4, 0.5) is 8.78 Å². The Kier molecular flexibility index (Phi) is 14.4.